The largest absolute Gasteiger partial charge is 0.344 e. The van der Waals surface area contributed by atoms with Crippen molar-refractivity contribution in [3.05, 3.63) is 29.3 Å². The van der Waals surface area contributed by atoms with E-state index in [0.717, 1.165) is 23.2 Å². The van der Waals surface area contributed by atoms with E-state index < -0.39 is 0 Å². The van der Waals surface area contributed by atoms with Crippen molar-refractivity contribution in [2.24, 2.45) is 0 Å². The fourth-order valence-corrected chi connectivity index (χ4v) is 2.15. The topological polar surface area (TPSA) is 61.4 Å². The quantitative estimate of drug-likeness (QED) is 0.806. The van der Waals surface area contributed by atoms with Crippen LogP contribution in [0.1, 0.15) is 11.1 Å². The van der Waals surface area contributed by atoms with Crippen LogP contribution in [0.15, 0.2) is 18.2 Å². The Morgan fingerprint density at radius 1 is 1.47 bits per heavy atom. The maximum atomic E-state index is 11.6. The van der Waals surface area contributed by atoms with Crippen LogP contribution in [0.3, 0.4) is 0 Å². The molecule has 19 heavy (non-hydrogen) atoms. The fourth-order valence-electron chi connectivity index (χ4n) is 2.15. The normalized spacial score (nSPS) is 13.1. The third-order valence-electron chi connectivity index (χ3n) is 3.28. The van der Waals surface area contributed by atoms with Gasteiger partial charge in [0, 0.05) is 19.3 Å². The molecule has 1 heterocycles. The Kier molecular flexibility index (Phi) is 4.16. The number of carbonyl (C=O) groups is 2. The van der Waals surface area contributed by atoms with Crippen molar-refractivity contribution in [2.75, 3.05) is 32.5 Å². The first kappa shape index (κ1) is 13.5. The Hall–Kier alpha value is -1.88. The standard InChI is InChI=1S/C14H19N3O2/c1-15-9-14(19)17(2)6-5-10-3-4-12-11(7-10)8-13(18)16-12/h3-4,7,15H,5-6,8-9H2,1-2H3,(H,16,18). The number of hydrogen-bond donors (Lipinski definition) is 2. The molecule has 0 fully saturated rings. The third-order valence-corrected chi connectivity index (χ3v) is 3.28. The van der Waals surface area contributed by atoms with Crippen LogP contribution in [0.5, 0.6) is 0 Å². The van der Waals surface area contributed by atoms with Gasteiger partial charge in [-0.05, 0) is 30.7 Å². The molecule has 1 aliphatic rings. The Morgan fingerprint density at radius 3 is 3.00 bits per heavy atom. The number of benzene rings is 1. The minimum atomic E-state index is 0.0495. The van der Waals surface area contributed by atoms with Crippen LogP contribution in [0, 0.1) is 0 Å². The predicted octanol–water partition coefficient (Wildman–Crippen LogP) is 0.401. The molecule has 1 aromatic rings. The molecular weight excluding hydrogens is 242 g/mol. The van der Waals surface area contributed by atoms with Gasteiger partial charge in [0.15, 0.2) is 0 Å². The molecule has 102 valence electrons. The second-order valence-electron chi connectivity index (χ2n) is 4.81. The zero-order chi connectivity index (χ0) is 13.8. The van der Waals surface area contributed by atoms with Crippen LogP contribution in [0.2, 0.25) is 0 Å². The lowest BCUT2D eigenvalue weighted by Gasteiger charge is -2.17. The maximum Gasteiger partial charge on any atom is 0.236 e. The first-order chi connectivity index (χ1) is 9.10. The lowest BCUT2D eigenvalue weighted by atomic mass is 10.1. The Balaban J connectivity index is 1.92. The number of likely N-dealkylation sites (N-methyl/N-ethyl adjacent to an activating group) is 2. The first-order valence-electron chi connectivity index (χ1n) is 6.40. The molecular formula is C14H19N3O2. The summed E-state index contributed by atoms with van der Waals surface area (Å²) in [6, 6.07) is 5.98. The van der Waals surface area contributed by atoms with Gasteiger partial charge < -0.3 is 15.5 Å². The molecule has 2 amide bonds. The van der Waals surface area contributed by atoms with Crippen molar-refractivity contribution in [2.45, 2.75) is 12.8 Å². The number of anilines is 1. The number of nitrogens with one attached hydrogen (secondary N) is 2. The van der Waals surface area contributed by atoms with Gasteiger partial charge in [-0.3, -0.25) is 9.59 Å². The zero-order valence-electron chi connectivity index (χ0n) is 11.3. The SMILES string of the molecule is CNCC(=O)N(C)CCc1ccc2c(c1)CC(=O)N2. The van der Waals surface area contributed by atoms with Crippen LogP contribution in [0.4, 0.5) is 5.69 Å². The minimum Gasteiger partial charge on any atom is -0.344 e. The first-order valence-corrected chi connectivity index (χ1v) is 6.40. The number of hydrogen-bond acceptors (Lipinski definition) is 3. The number of nitrogens with zero attached hydrogens (tertiary/aromatic N) is 1. The lowest BCUT2D eigenvalue weighted by Crippen LogP contribution is -2.35. The van der Waals surface area contributed by atoms with E-state index in [1.807, 2.05) is 18.2 Å². The summed E-state index contributed by atoms with van der Waals surface area (Å²) in [5.74, 6) is 0.133. The van der Waals surface area contributed by atoms with Crippen molar-refractivity contribution in [3.8, 4) is 0 Å². The lowest BCUT2D eigenvalue weighted by molar-refractivity contribution is -0.128. The second kappa shape index (κ2) is 5.84. The average molecular weight is 261 g/mol. The molecule has 5 nitrogen and oxygen atoms in total. The van der Waals surface area contributed by atoms with E-state index in [-0.39, 0.29) is 11.8 Å². The van der Waals surface area contributed by atoms with Crippen molar-refractivity contribution in [1.82, 2.24) is 10.2 Å². The summed E-state index contributed by atoms with van der Waals surface area (Å²) >= 11 is 0. The highest BCUT2D eigenvalue weighted by Gasteiger charge is 2.17. The molecule has 2 rings (SSSR count). The summed E-state index contributed by atoms with van der Waals surface area (Å²) in [4.78, 5) is 24.6. The van der Waals surface area contributed by atoms with Crippen molar-refractivity contribution in [1.29, 1.82) is 0 Å². The van der Waals surface area contributed by atoms with E-state index in [1.54, 1.807) is 19.0 Å². The number of amides is 2. The van der Waals surface area contributed by atoms with Gasteiger partial charge in [-0.1, -0.05) is 12.1 Å². The molecule has 0 unspecified atom stereocenters. The summed E-state index contributed by atoms with van der Waals surface area (Å²) in [6.07, 6.45) is 1.26. The van der Waals surface area contributed by atoms with Crippen molar-refractivity contribution >= 4 is 17.5 Å². The molecule has 0 atom stereocenters. The third kappa shape index (κ3) is 3.32. The Labute approximate surface area is 113 Å². The molecule has 5 heteroatoms. The van der Waals surface area contributed by atoms with E-state index in [0.29, 0.717) is 19.5 Å². The van der Waals surface area contributed by atoms with Gasteiger partial charge in [0.1, 0.15) is 0 Å². The highest BCUT2D eigenvalue weighted by molar-refractivity contribution is 5.99. The molecule has 0 radical (unpaired) electrons. The zero-order valence-corrected chi connectivity index (χ0v) is 11.3. The van der Waals surface area contributed by atoms with Crippen LogP contribution in [-0.4, -0.2) is 43.9 Å². The predicted molar refractivity (Wildman–Crippen MR) is 74.0 cm³/mol. The van der Waals surface area contributed by atoms with E-state index in [2.05, 4.69) is 10.6 Å². The summed E-state index contributed by atoms with van der Waals surface area (Å²) in [5.41, 5.74) is 3.11. The van der Waals surface area contributed by atoms with Gasteiger partial charge in [0.2, 0.25) is 11.8 Å². The summed E-state index contributed by atoms with van der Waals surface area (Å²) in [6.45, 7) is 1.04. The minimum absolute atomic E-state index is 0.0495. The summed E-state index contributed by atoms with van der Waals surface area (Å²) < 4.78 is 0. The van der Waals surface area contributed by atoms with Gasteiger partial charge in [0.05, 0.1) is 13.0 Å². The van der Waals surface area contributed by atoms with Gasteiger partial charge in [-0.25, -0.2) is 0 Å². The highest BCUT2D eigenvalue weighted by Crippen LogP contribution is 2.23. The maximum absolute atomic E-state index is 11.6. The monoisotopic (exact) mass is 261 g/mol. The van der Waals surface area contributed by atoms with E-state index in [1.165, 1.54) is 0 Å². The van der Waals surface area contributed by atoms with Crippen LogP contribution >= 0.6 is 0 Å². The fraction of sp³-hybridized carbons (Fsp3) is 0.429. The highest BCUT2D eigenvalue weighted by atomic mass is 16.2. The molecule has 0 aromatic heterocycles. The van der Waals surface area contributed by atoms with Crippen molar-refractivity contribution < 1.29 is 9.59 Å². The van der Waals surface area contributed by atoms with Gasteiger partial charge in [-0.15, -0.1) is 0 Å². The molecule has 0 aliphatic carbocycles. The molecule has 0 saturated carbocycles. The molecule has 1 aliphatic heterocycles. The Bertz CT molecular complexity index is 499. The average Bonchev–Trinajstić information content (AvgIpc) is 2.75. The number of carbonyl (C=O) groups excluding carboxylic acids is 2. The van der Waals surface area contributed by atoms with Crippen molar-refractivity contribution in [3.63, 3.8) is 0 Å². The molecule has 0 spiro atoms. The van der Waals surface area contributed by atoms with Crippen LogP contribution in [-0.2, 0) is 22.4 Å². The molecule has 0 saturated heterocycles. The smallest absolute Gasteiger partial charge is 0.236 e. The number of fused-ring (bicyclic) bond motifs is 1. The second-order valence-corrected chi connectivity index (χ2v) is 4.81. The number of rotatable bonds is 5. The van der Waals surface area contributed by atoms with Gasteiger partial charge >= 0.3 is 0 Å². The van der Waals surface area contributed by atoms with E-state index in [9.17, 15) is 9.59 Å². The molecule has 2 N–H and O–H groups in total. The van der Waals surface area contributed by atoms with Crippen LogP contribution < -0.4 is 10.6 Å². The van der Waals surface area contributed by atoms with Gasteiger partial charge in [0.25, 0.3) is 0 Å². The van der Waals surface area contributed by atoms with Gasteiger partial charge in [-0.2, -0.15) is 0 Å². The van der Waals surface area contributed by atoms with E-state index >= 15 is 0 Å². The molecule has 0 bridgehead atoms. The van der Waals surface area contributed by atoms with Crippen LogP contribution in [0.25, 0.3) is 0 Å². The van der Waals surface area contributed by atoms with E-state index in [4.69, 9.17) is 0 Å². The molecule has 1 aromatic carbocycles. The summed E-state index contributed by atoms with van der Waals surface area (Å²) in [5, 5.41) is 5.66. The Morgan fingerprint density at radius 2 is 2.26 bits per heavy atom. The summed E-state index contributed by atoms with van der Waals surface area (Å²) in [7, 11) is 3.56.